The van der Waals surface area contributed by atoms with Crippen LogP contribution in [0, 0.1) is 13.8 Å². The second kappa shape index (κ2) is 6.59. The van der Waals surface area contributed by atoms with Crippen molar-refractivity contribution in [3.05, 3.63) is 65.3 Å². The van der Waals surface area contributed by atoms with Crippen LogP contribution in [0.4, 0.5) is 5.69 Å². The van der Waals surface area contributed by atoms with Gasteiger partial charge in [0.15, 0.2) is 11.6 Å². The molecule has 5 nitrogen and oxygen atoms in total. The van der Waals surface area contributed by atoms with E-state index in [4.69, 9.17) is 9.26 Å². The summed E-state index contributed by atoms with van der Waals surface area (Å²) in [4.78, 5) is 4.45. The van der Waals surface area contributed by atoms with Gasteiger partial charge in [-0.15, -0.1) is 0 Å². The molecule has 1 heterocycles. The van der Waals surface area contributed by atoms with Crippen LogP contribution in [0.3, 0.4) is 0 Å². The molecule has 128 valence electrons. The number of hydrogen-bond donors (Lipinski definition) is 1. The highest BCUT2D eigenvalue weighted by atomic mass is 16.5. The van der Waals surface area contributed by atoms with E-state index in [0.29, 0.717) is 18.4 Å². The Morgan fingerprint density at radius 3 is 2.60 bits per heavy atom. The van der Waals surface area contributed by atoms with E-state index >= 15 is 0 Å². The summed E-state index contributed by atoms with van der Waals surface area (Å²) in [5.41, 5.74) is 3.12. The molecule has 25 heavy (non-hydrogen) atoms. The topological polar surface area (TPSA) is 60.2 Å². The van der Waals surface area contributed by atoms with Crippen molar-refractivity contribution in [2.45, 2.75) is 39.2 Å². The quantitative estimate of drug-likeness (QED) is 0.689. The van der Waals surface area contributed by atoms with Crippen molar-refractivity contribution in [1.82, 2.24) is 10.1 Å². The zero-order valence-corrected chi connectivity index (χ0v) is 14.5. The largest absolute Gasteiger partial charge is 0.455 e. The SMILES string of the molecule is Cc1cccc(C)c1Oc1ccccc1NCc1nc(C2CC2)no1. The molecule has 0 bridgehead atoms. The summed E-state index contributed by atoms with van der Waals surface area (Å²) < 4.78 is 11.5. The first-order valence-electron chi connectivity index (χ1n) is 8.60. The number of nitrogens with one attached hydrogen (secondary N) is 1. The smallest absolute Gasteiger partial charge is 0.245 e. The fourth-order valence-corrected chi connectivity index (χ4v) is 2.79. The fourth-order valence-electron chi connectivity index (χ4n) is 2.79. The first-order valence-corrected chi connectivity index (χ1v) is 8.60. The second-order valence-electron chi connectivity index (χ2n) is 6.49. The molecule has 0 amide bonds. The molecule has 0 atom stereocenters. The molecule has 0 radical (unpaired) electrons. The van der Waals surface area contributed by atoms with Gasteiger partial charge in [0.05, 0.1) is 12.2 Å². The Balaban J connectivity index is 1.50. The molecule has 0 aliphatic heterocycles. The number of para-hydroxylation sites is 3. The molecular formula is C20H21N3O2. The van der Waals surface area contributed by atoms with Gasteiger partial charge in [0.2, 0.25) is 5.89 Å². The first-order chi connectivity index (χ1) is 12.2. The van der Waals surface area contributed by atoms with Crippen molar-refractivity contribution in [2.75, 3.05) is 5.32 Å². The third kappa shape index (κ3) is 3.50. The van der Waals surface area contributed by atoms with E-state index in [-0.39, 0.29) is 0 Å². The van der Waals surface area contributed by atoms with Gasteiger partial charge in [-0.3, -0.25) is 0 Å². The van der Waals surface area contributed by atoms with Crippen LogP contribution >= 0.6 is 0 Å². The summed E-state index contributed by atoms with van der Waals surface area (Å²) in [6, 6.07) is 14.0. The van der Waals surface area contributed by atoms with E-state index in [1.807, 2.05) is 30.3 Å². The van der Waals surface area contributed by atoms with E-state index < -0.39 is 0 Å². The number of ether oxygens (including phenoxy) is 1. The van der Waals surface area contributed by atoms with Crippen molar-refractivity contribution in [3.8, 4) is 11.5 Å². The lowest BCUT2D eigenvalue weighted by Crippen LogP contribution is -2.02. The van der Waals surface area contributed by atoms with Crippen LogP contribution in [0.15, 0.2) is 47.0 Å². The van der Waals surface area contributed by atoms with Gasteiger partial charge >= 0.3 is 0 Å². The summed E-state index contributed by atoms with van der Waals surface area (Å²) in [7, 11) is 0. The average Bonchev–Trinajstić information content (AvgIpc) is 3.36. The zero-order chi connectivity index (χ0) is 17.2. The molecule has 1 aliphatic rings. The second-order valence-corrected chi connectivity index (χ2v) is 6.49. The Morgan fingerprint density at radius 1 is 1.08 bits per heavy atom. The summed E-state index contributed by atoms with van der Waals surface area (Å²) in [5, 5.41) is 7.39. The predicted molar refractivity (Wildman–Crippen MR) is 96.0 cm³/mol. The van der Waals surface area contributed by atoms with Gasteiger partial charge in [-0.25, -0.2) is 0 Å². The number of aryl methyl sites for hydroxylation is 2. The third-order valence-corrected chi connectivity index (χ3v) is 4.36. The molecule has 0 saturated heterocycles. The lowest BCUT2D eigenvalue weighted by Gasteiger charge is -2.15. The highest BCUT2D eigenvalue weighted by Crippen LogP contribution is 2.38. The van der Waals surface area contributed by atoms with Crippen LogP contribution < -0.4 is 10.1 Å². The summed E-state index contributed by atoms with van der Waals surface area (Å²) in [6.07, 6.45) is 2.33. The predicted octanol–water partition coefficient (Wildman–Crippen LogP) is 4.97. The van der Waals surface area contributed by atoms with E-state index in [1.165, 1.54) is 12.8 Å². The Kier molecular flexibility index (Phi) is 4.14. The molecule has 1 aliphatic carbocycles. The van der Waals surface area contributed by atoms with Crippen molar-refractivity contribution in [3.63, 3.8) is 0 Å². The molecule has 4 rings (SSSR count). The third-order valence-electron chi connectivity index (χ3n) is 4.36. The Labute approximate surface area is 147 Å². The van der Waals surface area contributed by atoms with Gasteiger partial charge in [0.25, 0.3) is 0 Å². The van der Waals surface area contributed by atoms with E-state index in [1.54, 1.807) is 0 Å². The fraction of sp³-hybridized carbons (Fsp3) is 0.300. The number of anilines is 1. The first kappa shape index (κ1) is 15.7. The van der Waals surface area contributed by atoms with Gasteiger partial charge in [-0.1, -0.05) is 35.5 Å². The van der Waals surface area contributed by atoms with Crippen LogP contribution in [-0.4, -0.2) is 10.1 Å². The van der Waals surface area contributed by atoms with E-state index in [0.717, 1.165) is 34.1 Å². The average molecular weight is 335 g/mol. The van der Waals surface area contributed by atoms with E-state index in [9.17, 15) is 0 Å². The maximum atomic E-state index is 6.18. The molecule has 1 fully saturated rings. The van der Waals surface area contributed by atoms with Crippen molar-refractivity contribution in [1.29, 1.82) is 0 Å². The van der Waals surface area contributed by atoms with Crippen LogP contribution in [0.1, 0.15) is 41.6 Å². The number of aromatic nitrogens is 2. The molecule has 1 N–H and O–H groups in total. The number of hydrogen-bond acceptors (Lipinski definition) is 5. The maximum absolute atomic E-state index is 6.18. The monoisotopic (exact) mass is 335 g/mol. The lowest BCUT2D eigenvalue weighted by atomic mass is 10.1. The van der Waals surface area contributed by atoms with Gasteiger partial charge in [-0.05, 0) is 49.9 Å². The molecule has 0 unspecified atom stereocenters. The molecule has 1 aromatic heterocycles. The minimum atomic E-state index is 0.479. The molecule has 1 saturated carbocycles. The Bertz CT molecular complexity index is 864. The van der Waals surface area contributed by atoms with Gasteiger partial charge in [0, 0.05) is 5.92 Å². The number of rotatable bonds is 6. The van der Waals surface area contributed by atoms with E-state index in [2.05, 4.69) is 41.4 Å². The highest BCUT2D eigenvalue weighted by Gasteiger charge is 2.28. The Morgan fingerprint density at radius 2 is 1.84 bits per heavy atom. The molecule has 5 heteroatoms. The van der Waals surface area contributed by atoms with Crippen LogP contribution in [0.5, 0.6) is 11.5 Å². The van der Waals surface area contributed by atoms with Crippen LogP contribution in [0.2, 0.25) is 0 Å². The maximum Gasteiger partial charge on any atom is 0.245 e. The zero-order valence-electron chi connectivity index (χ0n) is 14.5. The number of benzene rings is 2. The molecular weight excluding hydrogens is 314 g/mol. The van der Waals surface area contributed by atoms with Gasteiger partial charge < -0.3 is 14.6 Å². The standard InChI is InChI=1S/C20H21N3O2/c1-13-6-5-7-14(2)19(13)24-17-9-4-3-8-16(17)21-12-18-22-20(23-25-18)15-10-11-15/h3-9,15,21H,10-12H2,1-2H3. The molecule has 3 aromatic rings. The minimum Gasteiger partial charge on any atom is -0.455 e. The summed E-state index contributed by atoms with van der Waals surface area (Å²) >= 11 is 0. The van der Waals surface area contributed by atoms with Crippen LogP contribution in [0.25, 0.3) is 0 Å². The Hall–Kier alpha value is -2.82. The van der Waals surface area contributed by atoms with Crippen molar-refractivity contribution in [2.24, 2.45) is 0 Å². The van der Waals surface area contributed by atoms with Crippen molar-refractivity contribution < 1.29 is 9.26 Å². The lowest BCUT2D eigenvalue weighted by molar-refractivity contribution is 0.377. The summed E-state index contributed by atoms with van der Waals surface area (Å²) in [5.74, 6) is 3.60. The number of nitrogens with zero attached hydrogens (tertiary/aromatic N) is 2. The normalized spacial score (nSPS) is 13.7. The molecule has 2 aromatic carbocycles. The van der Waals surface area contributed by atoms with Crippen LogP contribution in [-0.2, 0) is 6.54 Å². The van der Waals surface area contributed by atoms with Crippen molar-refractivity contribution >= 4 is 5.69 Å². The highest BCUT2D eigenvalue weighted by molar-refractivity contribution is 5.58. The summed E-state index contributed by atoms with van der Waals surface area (Å²) in [6.45, 7) is 4.58. The van der Waals surface area contributed by atoms with Gasteiger partial charge in [0.1, 0.15) is 5.75 Å². The molecule has 0 spiro atoms. The minimum absolute atomic E-state index is 0.479. The van der Waals surface area contributed by atoms with Gasteiger partial charge in [-0.2, -0.15) is 4.98 Å².